The Morgan fingerprint density at radius 3 is 2.15 bits per heavy atom. The van der Waals surface area contributed by atoms with Gasteiger partial charge >= 0.3 is 6.18 Å². The molecule has 2 unspecified atom stereocenters. The molecule has 5 nitrogen and oxygen atoms in total. The highest BCUT2D eigenvalue weighted by Crippen LogP contribution is 2.32. The third-order valence-corrected chi connectivity index (χ3v) is 6.50. The van der Waals surface area contributed by atoms with E-state index in [0.717, 1.165) is 23.4 Å². The van der Waals surface area contributed by atoms with Gasteiger partial charge in [0.25, 0.3) is 5.91 Å². The van der Waals surface area contributed by atoms with Gasteiger partial charge in [-0.2, -0.15) is 13.2 Å². The first-order chi connectivity index (χ1) is 15.5. The number of hydrogen-bond acceptors (Lipinski definition) is 4. The Morgan fingerprint density at radius 1 is 1.00 bits per heavy atom. The van der Waals surface area contributed by atoms with Gasteiger partial charge in [-0.15, -0.1) is 0 Å². The molecule has 1 aliphatic heterocycles. The van der Waals surface area contributed by atoms with E-state index in [-0.39, 0.29) is 23.6 Å². The highest BCUT2D eigenvalue weighted by molar-refractivity contribution is 5.94. The summed E-state index contributed by atoms with van der Waals surface area (Å²) >= 11 is 0. The Balaban J connectivity index is 1.63. The first-order valence-corrected chi connectivity index (χ1v) is 11.2. The van der Waals surface area contributed by atoms with Crippen molar-refractivity contribution in [1.82, 2.24) is 9.80 Å². The second kappa shape index (κ2) is 10.1. The van der Waals surface area contributed by atoms with E-state index in [9.17, 15) is 18.0 Å². The quantitative estimate of drug-likeness (QED) is 0.682. The molecule has 0 spiro atoms. The van der Waals surface area contributed by atoms with Crippen LogP contribution in [0.25, 0.3) is 0 Å². The zero-order valence-corrected chi connectivity index (χ0v) is 19.6. The van der Waals surface area contributed by atoms with Crippen LogP contribution in [-0.2, 0) is 6.18 Å². The fourth-order valence-electron chi connectivity index (χ4n) is 4.16. The average Bonchev–Trinajstić information content (AvgIpc) is 2.81. The van der Waals surface area contributed by atoms with E-state index < -0.39 is 11.7 Å². The summed E-state index contributed by atoms with van der Waals surface area (Å²) in [6, 6.07) is 8.66. The number of hydrogen-bond donors (Lipinski definition) is 1. The molecular formula is C25H32F3N3O2. The molecule has 2 N–H and O–H groups in total. The van der Waals surface area contributed by atoms with Crippen molar-refractivity contribution in [2.45, 2.75) is 46.0 Å². The first kappa shape index (κ1) is 25.1. The van der Waals surface area contributed by atoms with Gasteiger partial charge in [-0.25, -0.2) is 0 Å². The fourth-order valence-corrected chi connectivity index (χ4v) is 4.16. The van der Waals surface area contributed by atoms with E-state index in [1.165, 1.54) is 23.3 Å². The molecule has 2 aromatic carbocycles. The van der Waals surface area contributed by atoms with Gasteiger partial charge in [0.05, 0.1) is 5.56 Å². The maximum atomic E-state index is 12.8. The zero-order valence-electron chi connectivity index (χ0n) is 19.6. The molecule has 33 heavy (non-hydrogen) atoms. The van der Waals surface area contributed by atoms with Crippen molar-refractivity contribution in [3.05, 3.63) is 64.2 Å². The molecule has 8 heteroatoms. The molecule has 1 saturated heterocycles. The van der Waals surface area contributed by atoms with Crippen molar-refractivity contribution in [3.63, 3.8) is 0 Å². The Bertz CT molecular complexity index is 968. The van der Waals surface area contributed by atoms with Crippen molar-refractivity contribution in [3.8, 4) is 5.75 Å². The summed E-state index contributed by atoms with van der Waals surface area (Å²) in [5.74, 6) is 0.604. The summed E-state index contributed by atoms with van der Waals surface area (Å²) in [4.78, 5) is 16.8. The predicted molar refractivity (Wildman–Crippen MR) is 122 cm³/mol. The Labute approximate surface area is 193 Å². The minimum atomic E-state index is -4.41. The number of rotatable bonds is 6. The highest BCUT2D eigenvalue weighted by Gasteiger charge is 2.31. The number of halogens is 3. The Hall–Kier alpha value is -2.58. The molecular weight excluding hydrogens is 431 g/mol. The summed E-state index contributed by atoms with van der Waals surface area (Å²) < 4.78 is 44.2. The van der Waals surface area contributed by atoms with Gasteiger partial charge in [0.15, 0.2) is 0 Å². The second-order valence-electron chi connectivity index (χ2n) is 8.65. The van der Waals surface area contributed by atoms with Crippen LogP contribution >= 0.6 is 0 Å². The van der Waals surface area contributed by atoms with Crippen molar-refractivity contribution in [2.75, 3.05) is 32.7 Å². The number of nitrogens with zero attached hydrogens (tertiary/aromatic N) is 2. The second-order valence-corrected chi connectivity index (χ2v) is 8.65. The van der Waals surface area contributed by atoms with E-state index >= 15 is 0 Å². The number of benzene rings is 2. The van der Waals surface area contributed by atoms with Gasteiger partial charge in [-0.1, -0.05) is 6.07 Å². The molecule has 0 bridgehead atoms. The van der Waals surface area contributed by atoms with E-state index in [2.05, 4.69) is 24.8 Å². The van der Waals surface area contributed by atoms with Crippen LogP contribution in [0.1, 0.15) is 52.5 Å². The molecule has 0 radical (unpaired) electrons. The van der Waals surface area contributed by atoms with Gasteiger partial charge in [0.1, 0.15) is 11.9 Å². The lowest BCUT2D eigenvalue weighted by Crippen LogP contribution is -2.49. The molecule has 0 saturated carbocycles. The van der Waals surface area contributed by atoms with Crippen molar-refractivity contribution in [1.29, 1.82) is 0 Å². The third-order valence-electron chi connectivity index (χ3n) is 6.50. The van der Waals surface area contributed by atoms with Crippen LogP contribution in [0, 0.1) is 13.8 Å². The predicted octanol–water partition coefficient (Wildman–Crippen LogP) is 4.57. The summed E-state index contributed by atoms with van der Waals surface area (Å²) in [6.45, 7) is 11.1. The molecule has 1 heterocycles. The SMILES string of the molecule is Cc1c(OC(C)CN)ccc(C(C)N2CCN(C(=O)c3ccc(C(F)(F)F)cc3)CC2)c1C. The van der Waals surface area contributed by atoms with Crippen molar-refractivity contribution < 1.29 is 22.7 Å². The van der Waals surface area contributed by atoms with Crippen LogP contribution in [0.2, 0.25) is 0 Å². The van der Waals surface area contributed by atoms with Crippen molar-refractivity contribution >= 4 is 5.91 Å². The highest BCUT2D eigenvalue weighted by atomic mass is 19.4. The summed E-state index contributed by atoms with van der Waals surface area (Å²) in [7, 11) is 0. The average molecular weight is 464 g/mol. The topological polar surface area (TPSA) is 58.8 Å². The van der Waals surface area contributed by atoms with Gasteiger partial charge in [-0.05, 0) is 74.7 Å². The van der Waals surface area contributed by atoms with E-state index in [1.807, 2.05) is 19.9 Å². The third kappa shape index (κ3) is 5.68. The van der Waals surface area contributed by atoms with Crippen LogP contribution in [-0.4, -0.2) is 54.5 Å². The molecule has 0 aromatic heterocycles. The lowest BCUT2D eigenvalue weighted by atomic mass is 9.96. The molecule has 180 valence electrons. The lowest BCUT2D eigenvalue weighted by Gasteiger charge is -2.39. The molecule has 0 aliphatic carbocycles. The molecule has 2 aromatic rings. The zero-order chi connectivity index (χ0) is 24.3. The minimum Gasteiger partial charge on any atom is -0.489 e. The number of ether oxygens (including phenoxy) is 1. The number of nitrogens with two attached hydrogens (primary N) is 1. The van der Waals surface area contributed by atoms with E-state index in [1.54, 1.807) is 4.90 Å². The van der Waals surface area contributed by atoms with Crippen molar-refractivity contribution in [2.24, 2.45) is 5.73 Å². The minimum absolute atomic E-state index is 0.0540. The summed E-state index contributed by atoms with van der Waals surface area (Å²) in [5.41, 5.74) is 8.67. The molecule has 3 rings (SSSR count). The van der Waals surface area contributed by atoms with Crippen LogP contribution in [0.4, 0.5) is 13.2 Å². The number of piperazine rings is 1. The van der Waals surface area contributed by atoms with Gasteiger partial charge in [0, 0.05) is 44.3 Å². The van der Waals surface area contributed by atoms with Gasteiger partial charge < -0.3 is 15.4 Å². The Kier molecular flexibility index (Phi) is 7.69. The smallest absolute Gasteiger partial charge is 0.416 e. The maximum Gasteiger partial charge on any atom is 0.416 e. The molecule has 1 fully saturated rings. The number of alkyl halides is 3. The van der Waals surface area contributed by atoms with E-state index in [0.29, 0.717) is 32.7 Å². The normalized spacial score (nSPS) is 17.0. The number of amides is 1. The molecule has 1 aliphatic rings. The molecule has 1 amide bonds. The lowest BCUT2D eigenvalue weighted by molar-refractivity contribution is -0.137. The maximum absolute atomic E-state index is 12.8. The number of carbonyl (C=O) groups is 1. The standard InChI is InChI=1S/C25H32F3N3O2/c1-16(15-29)33-23-10-9-22(17(2)18(23)3)19(4)30-11-13-31(14-12-30)24(32)20-5-7-21(8-6-20)25(26,27)28/h5-10,16,19H,11-15,29H2,1-4H3. The van der Waals surface area contributed by atoms with Crippen LogP contribution in [0.15, 0.2) is 36.4 Å². The van der Waals surface area contributed by atoms with Crippen LogP contribution in [0.3, 0.4) is 0 Å². The molecule has 2 atom stereocenters. The Morgan fingerprint density at radius 2 is 1.61 bits per heavy atom. The fraction of sp³-hybridized carbons (Fsp3) is 0.480. The van der Waals surface area contributed by atoms with Gasteiger partial charge in [-0.3, -0.25) is 9.69 Å². The van der Waals surface area contributed by atoms with E-state index in [4.69, 9.17) is 10.5 Å². The largest absolute Gasteiger partial charge is 0.489 e. The van der Waals surface area contributed by atoms with Gasteiger partial charge in [0.2, 0.25) is 0 Å². The summed E-state index contributed by atoms with van der Waals surface area (Å²) in [5, 5.41) is 0. The van der Waals surface area contributed by atoms with Crippen LogP contribution < -0.4 is 10.5 Å². The summed E-state index contributed by atoms with van der Waals surface area (Å²) in [6.07, 6.45) is -4.46. The van der Waals surface area contributed by atoms with Crippen LogP contribution in [0.5, 0.6) is 5.75 Å². The first-order valence-electron chi connectivity index (χ1n) is 11.2. The monoisotopic (exact) mass is 463 g/mol. The number of carbonyl (C=O) groups excluding carboxylic acids is 1.